The van der Waals surface area contributed by atoms with E-state index in [1.54, 1.807) is 11.6 Å². The molecule has 2 heteroatoms. The van der Waals surface area contributed by atoms with Gasteiger partial charge in [-0.05, 0) is 48.9 Å². The molecule has 0 saturated heterocycles. The minimum atomic E-state index is -2.53. The van der Waals surface area contributed by atoms with Crippen LogP contribution in [0.5, 0.6) is 0 Å². The summed E-state index contributed by atoms with van der Waals surface area (Å²) in [5, 5.41) is 1.34. The predicted octanol–water partition coefficient (Wildman–Crippen LogP) is 5.32. The molecule has 1 aromatic heterocycles. The molecule has 3 rings (SSSR count). The summed E-state index contributed by atoms with van der Waals surface area (Å²) >= 11 is 0. The Bertz CT molecular complexity index is 1140. The predicted molar refractivity (Wildman–Crippen MR) is 116 cm³/mol. The van der Waals surface area contributed by atoms with E-state index in [4.69, 9.17) is 8.22 Å². The number of hydrogen-bond acceptors (Lipinski definition) is 0. The zero-order chi connectivity index (χ0) is 24.1. The first kappa shape index (κ1) is 12.2. The highest BCUT2D eigenvalue weighted by atomic mass is 28.3. The summed E-state index contributed by atoms with van der Waals surface area (Å²) in [6.45, 7) is 3.93. The topological polar surface area (TPSA) is 3.88 Å². The van der Waals surface area contributed by atoms with E-state index in [1.165, 1.54) is 17.4 Å². The van der Waals surface area contributed by atoms with Crippen molar-refractivity contribution in [1.82, 2.24) is 0 Å². The SMILES string of the molecule is [2H]C([2H])([2H])c1cc(-c2cc(-c3ccccc3)c([Si](C)(C)C)cc2C)[n+](C)cc1C([2H])([2H])[2H]. The van der Waals surface area contributed by atoms with E-state index in [1.807, 2.05) is 25.1 Å². The van der Waals surface area contributed by atoms with Gasteiger partial charge in [0.1, 0.15) is 7.05 Å². The van der Waals surface area contributed by atoms with Gasteiger partial charge in [0.2, 0.25) is 5.69 Å². The molecule has 0 unspecified atom stereocenters. The molecule has 0 aliphatic heterocycles. The van der Waals surface area contributed by atoms with E-state index < -0.39 is 21.8 Å². The van der Waals surface area contributed by atoms with Gasteiger partial charge in [0.25, 0.3) is 0 Å². The molecule has 134 valence electrons. The lowest BCUT2D eigenvalue weighted by Gasteiger charge is -2.23. The molecule has 0 aliphatic rings. The van der Waals surface area contributed by atoms with Gasteiger partial charge in [-0.2, -0.15) is 0 Å². The van der Waals surface area contributed by atoms with E-state index in [9.17, 15) is 0 Å². The van der Waals surface area contributed by atoms with Crippen LogP contribution in [0.3, 0.4) is 0 Å². The summed E-state index contributed by atoms with van der Waals surface area (Å²) in [5.41, 5.74) is 4.61. The second-order valence-corrected chi connectivity index (χ2v) is 13.0. The molecule has 0 spiro atoms. The van der Waals surface area contributed by atoms with Crippen molar-refractivity contribution in [2.24, 2.45) is 7.05 Å². The summed E-state index contributed by atoms with van der Waals surface area (Å²) in [6.07, 6.45) is 1.44. The fourth-order valence-electron chi connectivity index (χ4n) is 3.38. The minimum Gasteiger partial charge on any atom is -0.201 e. The lowest BCUT2D eigenvalue weighted by Crippen LogP contribution is -2.39. The molecule has 1 nitrogen and oxygen atoms in total. The van der Waals surface area contributed by atoms with E-state index >= 15 is 0 Å². The standard InChI is InChI=1S/C24H30NSi/c1-17-13-23(25(4)16-19(17)3)21-15-22(20-11-9-8-10-12-20)24(14-18(21)2)26(5,6)7/h8-16H,1-7H3/q+1/i1D3,3D3. The second kappa shape index (κ2) is 6.84. The first-order valence-electron chi connectivity index (χ1n) is 11.9. The molecule has 0 fully saturated rings. The van der Waals surface area contributed by atoms with Crippen LogP contribution in [0.4, 0.5) is 0 Å². The quantitative estimate of drug-likeness (QED) is 0.436. The highest BCUT2D eigenvalue weighted by Gasteiger charge is 2.24. The van der Waals surface area contributed by atoms with Crippen LogP contribution in [0.15, 0.2) is 54.7 Å². The fourth-order valence-corrected chi connectivity index (χ4v) is 5.05. The summed E-state index contributed by atoms with van der Waals surface area (Å²) in [4.78, 5) is 0. The Balaban J connectivity index is 2.36. The Morgan fingerprint density at radius 3 is 2.15 bits per heavy atom. The minimum absolute atomic E-state index is 0.125. The molecule has 0 aliphatic carbocycles. The fraction of sp³-hybridized carbons (Fsp3) is 0.292. The van der Waals surface area contributed by atoms with Crippen LogP contribution < -0.4 is 9.75 Å². The van der Waals surface area contributed by atoms with Crippen molar-refractivity contribution in [3.8, 4) is 22.4 Å². The zero-order valence-electron chi connectivity index (χ0n) is 22.1. The van der Waals surface area contributed by atoms with Crippen LogP contribution >= 0.6 is 0 Å². The van der Waals surface area contributed by atoms with Crippen LogP contribution in [-0.4, -0.2) is 8.07 Å². The van der Waals surface area contributed by atoms with Crippen molar-refractivity contribution in [3.63, 3.8) is 0 Å². The van der Waals surface area contributed by atoms with Gasteiger partial charge in [-0.25, -0.2) is 4.57 Å². The number of benzene rings is 2. The molecule has 3 aromatic rings. The second-order valence-electron chi connectivity index (χ2n) is 7.93. The molecule has 0 saturated carbocycles. The average molecular weight is 367 g/mol. The first-order chi connectivity index (χ1) is 14.6. The summed E-state index contributed by atoms with van der Waals surface area (Å²) in [7, 11) is 0.0905. The van der Waals surface area contributed by atoms with Gasteiger partial charge in [-0.15, -0.1) is 0 Å². The molecule has 0 bridgehead atoms. The van der Waals surface area contributed by atoms with Crippen LogP contribution in [0, 0.1) is 20.6 Å². The van der Waals surface area contributed by atoms with Gasteiger partial charge in [0, 0.05) is 25.4 Å². The number of hydrogen-bond donors (Lipinski definition) is 0. The number of pyridine rings is 1. The normalized spacial score (nSPS) is 16.0. The lowest BCUT2D eigenvalue weighted by molar-refractivity contribution is -0.660. The molecular formula is C24H30NSi+. The van der Waals surface area contributed by atoms with Crippen molar-refractivity contribution in [2.45, 2.75) is 40.3 Å². The number of rotatable bonds is 3. The summed E-state index contributed by atoms with van der Waals surface area (Å²) in [5.74, 6) is 0. The van der Waals surface area contributed by atoms with Crippen LogP contribution in [0.1, 0.15) is 24.9 Å². The molecule has 26 heavy (non-hydrogen) atoms. The van der Waals surface area contributed by atoms with Crippen molar-refractivity contribution >= 4 is 13.3 Å². The van der Waals surface area contributed by atoms with E-state index in [-0.39, 0.29) is 11.1 Å². The third-order valence-corrected chi connectivity index (χ3v) is 6.84. The molecule has 0 amide bonds. The number of nitrogens with zero attached hydrogens (tertiary/aromatic N) is 1. The Hall–Kier alpha value is -2.19. The third kappa shape index (κ3) is 3.52. The van der Waals surface area contributed by atoms with Gasteiger partial charge >= 0.3 is 0 Å². The van der Waals surface area contributed by atoms with E-state index in [0.29, 0.717) is 5.69 Å². The van der Waals surface area contributed by atoms with Crippen molar-refractivity contribution in [1.29, 1.82) is 0 Å². The van der Waals surface area contributed by atoms with Crippen molar-refractivity contribution in [3.05, 3.63) is 71.4 Å². The van der Waals surface area contributed by atoms with Crippen molar-refractivity contribution < 1.29 is 12.8 Å². The van der Waals surface area contributed by atoms with Crippen LogP contribution in [0.2, 0.25) is 19.6 Å². The maximum atomic E-state index is 7.95. The Morgan fingerprint density at radius 1 is 0.846 bits per heavy atom. The van der Waals surface area contributed by atoms with Gasteiger partial charge < -0.3 is 0 Å². The molecule has 0 atom stereocenters. The number of aromatic nitrogens is 1. The first-order valence-corrected chi connectivity index (χ1v) is 12.4. The number of aryl methyl sites for hydroxylation is 4. The lowest BCUT2D eigenvalue weighted by atomic mass is 9.96. The molecule has 1 heterocycles. The Labute approximate surface area is 167 Å². The van der Waals surface area contributed by atoms with Gasteiger partial charge in [0.15, 0.2) is 6.20 Å². The monoisotopic (exact) mass is 366 g/mol. The molecular weight excluding hydrogens is 330 g/mol. The van der Waals surface area contributed by atoms with Crippen LogP contribution in [0.25, 0.3) is 22.4 Å². The third-order valence-electron chi connectivity index (χ3n) is 4.81. The van der Waals surface area contributed by atoms with Gasteiger partial charge in [0.05, 0.1) is 8.07 Å². The van der Waals surface area contributed by atoms with Gasteiger partial charge in [-0.1, -0.05) is 61.2 Å². The zero-order valence-corrected chi connectivity index (χ0v) is 17.1. The van der Waals surface area contributed by atoms with Crippen LogP contribution in [-0.2, 0) is 7.05 Å². The van der Waals surface area contributed by atoms with Crippen molar-refractivity contribution in [2.75, 3.05) is 0 Å². The average Bonchev–Trinajstić information content (AvgIpc) is 2.66. The van der Waals surface area contributed by atoms with Gasteiger partial charge in [-0.3, -0.25) is 0 Å². The largest absolute Gasteiger partial charge is 0.212 e. The highest BCUT2D eigenvalue weighted by Crippen LogP contribution is 2.29. The smallest absolute Gasteiger partial charge is 0.201 e. The summed E-state index contributed by atoms with van der Waals surface area (Å²) < 4.78 is 49.0. The molecule has 0 N–H and O–H groups in total. The van der Waals surface area contributed by atoms with E-state index in [0.717, 1.165) is 22.3 Å². The Morgan fingerprint density at radius 2 is 1.54 bits per heavy atom. The highest BCUT2D eigenvalue weighted by molar-refractivity contribution is 6.89. The summed E-state index contributed by atoms with van der Waals surface area (Å²) in [6, 6.07) is 16.1. The maximum absolute atomic E-state index is 7.95. The molecule has 0 radical (unpaired) electrons. The Kier molecular flexibility index (Phi) is 3.22. The molecule has 2 aromatic carbocycles. The van der Waals surface area contributed by atoms with E-state index in [2.05, 4.69) is 43.9 Å². The maximum Gasteiger partial charge on any atom is 0.212 e.